The van der Waals surface area contributed by atoms with Crippen molar-refractivity contribution in [1.82, 2.24) is 20.0 Å². The minimum Gasteiger partial charge on any atom is -0.351 e. The minimum absolute atomic E-state index is 0.0365. The van der Waals surface area contributed by atoms with Crippen LogP contribution in [0.4, 0.5) is 0 Å². The molecule has 7 nitrogen and oxygen atoms in total. The predicted octanol–water partition coefficient (Wildman–Crippen LogP) is 0.126. The van der Waals surface area contributed by atoms with Gasteiger partial charge >= 0.3 is 0 Å². The standard InChI is InChI=1S/C16H16N4O3/c21-14-6-10-8-19(9-13(10)17-14)16(23)12-7-15(22)20(18-12)11-4-2-1-3-5-11/h1-5,7,10,13,18H,6,8-9H2,(H,17,21)/t10-,13+/m0/s1. The second-order valence-electron chi connectivity index (χ2n) is 6.03. The van der Waals surface area contributed by atoms with Crippen LogP contribution in [0.2, 0.25) is 0 Å². The molecule has 2 aliphatic rings. The van der Waals surface area contributed by atoms with Crippen LogP contribution in [0.5, 0.6) is 0 Å². The molecule has 0 aliphatic carbocycles. The number of para-hydroxylation sites is 1. The molecule has 2 amide bonds. The van der Waals surface area contributed by atoms with E-state index in [1.54, 1.807) is 17.0 Å². The molecule has 4 rings (SSSR count). The Bertz CT molecular complexity index is 807. The van der Waals surface area contributed by atoms with Gasteiger partial charge in [0.15, 0.2) is 0 Å². The second-order valence-corrected chi connectivity index (χ2v) is 6.03. The maximum absolute atomic E-state index is 12.6. The first-order valence-electron chi connectivity index (χ1n) is 7.58. The lowest BCUT2D eigenvalue weighted by molar-refractivity contribution is -0.119. The number of carbonyl (C=O) groups is 2. The number of carbonyl (C=O) groups excluding carboxylic acids is 2. The third-order valence-corrected chi connectivity index (χ3v) is 4.49. The largest absolute Gasteiger partial charge is 0.351 e. The Morgan fingerprint density at radius 3 is 2.65 bits per heavy atom. The zero-order valence-electron chi connectivity index (χ0n) is 12.4. The van der Waals surface area contributed by atoms with Crippen LogP contribution in [0.15, 0.2) is 41.2 Å². The molecule has 2 atom stereocenters. The van der Waals surface area contributed by atoms with Crippen molar-refractivity contribution in [3.05, 3.63) is 52.4 Å². The van der Waals surface area contributed by atoms with Gasteiger partial charge in [0.1, 0.15) is 5.69 Å². The zero-order chi connectivity index (χ0) is 16.0. The highest BCUT2D eigenvalue weighted by Gasteiger charge is 2.42. The summed E-state index contributed by atoms with van der Waals surface area (Å²) in [6, 6.07) is 10.5. The number of fused-ring (bicyclic) bond motifs is 1. The van der Waals surface area contributed by atoms with Gasteiger partial charge < -0.3 is 10.2 Å². The molecular formula is C16H16N4O3. The first-order valence-corrected chi connectivity index (χ1v) is 7.58. The van der Waals surface area contributed by atoms with Gasteiger partial charge in [-0.3, -0.25) is 19.5 Å². The van der Waals surface area contributed by atoms with Crippen LogP contribution >= 0.6 is 0 Å². The third kappa shape index (κ3) is 2.34. The monoisotopic (exact) mass is 312 g/mol. The fourth-order valence-corrected chi connectivity index (χ4v) is 3.36. The fourth-order valence-electron chi connectivity index (χ4n) is 3.36. The summed E-state index contributed by atoms with van der Waals surface area (Å²) in [7, 11) is 0. The Morgan fingerprint density at radius 1 is 1.13 bits per heavy atom. The van der Waals surface area contributed by atoms with Crippen molar-refractivity contribution in [3.8, 4) is 5.69 Å². The number of hydrogen-bond donors (Lipinski definition) is 2. The number of aromatic amines is 1. The molecule has 118 valence electrons. The van der Waals surface area contributed by atoms with E-state index in [1.165, 1.54) is 10.7 Å². The van der Waals surface area contributed by atoms with E-state index < -0.39 is 0 Å². The third-order valence-electron chi connectivity index (χ3n) is 4.49. The highest BCUT2D eigenvalue weighted by atomic mass is 16.2. The number of aromatic nitrogens is 2. The Morgan fingerprint density at radius 2 is 1.91 bits per heavy atom. The summed E-state index contributed by atoms with van der Waals surface area (Å²) in [6.07, 6.45) is 0.468. The lowest BCUT2D eigenvalue weighted by atomic mass is 10.1. The Labute approximate surface area is 131 Å². The average Bonchev–Trinajstić information content (AvgIpc) is 3.20. The highest BCUT2D eigenvalue weighted by Crippen LogP contribution is 2.26. The van der Waals surface area contributed by atoms with Crippen LogP contribution in [0.25, 0.3) is 5.69 Å². The molecule has 0 unspecified atom stereocenters. The molecule has 2 aliphatic heterocycles. The fraction of sp³-hybridized carbons (Fsp3) is 0.312. The van der Waals surface area contributed by atoms with Gasteiger partial charge in [-0.2, -0.15) is 0 Å². The SMILES string of the molecule is O=C1C[C@H]2CN(C(=O)c3cc(=O)n(-c4ccccc4)[nH]3)C[C@H]2N1. The second kappa shape index (κ2) is 5.12. The number of hydrogen-bond acceptors (Lipinski definition) is 3. The van der Waals surface area contributed by atoms with Crippen LogP contribution in [0.1, 0.15) is 16.9 Å². The molecule has 2 N–H and O–H groups in total. The molecule has 2 saturated heterocycles. The van der Waals surface area contributed by atoms with Crippen molar-refractivity contribution in [2.45, 2.75) is 12.5 Å². The van der Waals surface area contributed by atoms with E-state index in [4.69, 9.17) is 0 Å². The molecular weight excluding hydrogens is 296 g/mol. The summed E-state index contributed by atoms with van der Waals surface area (Å²) < 4.78 is 1.35. The van der Waals surface area contributed by atoms with Crippen LogP contribution in [0, 0.1) is 5.92 Å². The number of H-pyrrole nitrogens is 1. The van der Waals surface area contributed by atoms with Crippen molar-refractivity contribution in [3.63, 3.8) is 0 Å². The van der Waals surface area contributed by atoms with Crippen molar-refractivity contribution < 1.29 is 9.59 Å². The Hall–Kier alpha value is -2.83. The first-order chi connectivity index (χ1) is 11.1. The van der Waals surface area contributed by atoms with Crippen molar-refractivity contribution >= 4 is 11.8 Å². The van der Waals surface area contributed by atoms with Crippen LogP contribution in [0.3, 0.4) is 0 Å². The Kier molecular flexibility index (Phi) is 3.07. The molecule has 2 fully saturated rings. The number of rotatable bonds is 2. The van der Waals surface area contributed by atoms with E-state index in [-0.39, 0.29) is 35.0 Å². The number of nitrogens with zero attached hydrogens (tertiary/aromatic N) is 2. The van der Waals surface area contributed by atoms with E-state index >= 15 is 0 Å². The minimum atomic E-state index is -0.271. The lowest BCUT2D eigenvalue weighted by Crippen LogP contribution is -2.35. The smallest absolute Gasteiger partial charge is 0.272 e. The van der Waals surface area contributed by atoms with Gasteiger partial charge in [-0.05, 0) is 12.1 Å². The lowest BCUT2D eigenvalue weighted by Gasteiger charge is -2.16. The van der Waals surface area contributed by atoms with Crippen molar-refractivity contribution in [1.29, 1.82) is 0 Å². The van der Waals surface area contributed by atoms with E-state index in [0.717, 1.165) is 0 Å². The van der Waals surface area contributed by atoms with Crippen molar-refractivity contribution in [2.75, 3.05) is 13.1 Å². The van der Waals surface area contributed by atoms with Gasteiger partial charge in [0.05, 0.1) is 11.7 Å². The van der Waals surface area contributed by atoms with Crippen LogP contribution < -0.4 is 10.9 Å². The molecule has 0 spiro atoms. The molecule has 1 aromatic heterocycles. The van der Waals surface area contributed by atoms with E-state index in [2.05, 4.69) is 10.4 Å². The number of likely N-dealkylation sites (tertiary alicyclic amines) is 1. The van der Waals surface area contributed by atoms with Gasteiger partial charge in [0.25, 0.3) is 11.5 Å². The van der Waals surface area contributed by atoms with Gasteiger partial charge in [-0.25, -0.2) is 4.68 Å². The van der Waals surface area contributed by atoms with E-state index in [0.29, 0.717) is 25.2 Å². The normalized spacial score (nSPS) is 23.0. The van der Waals surface area contributed by atoms with Gasteiger partial charge in [-0.1, -0.05) is 18.2 Å². The molecule has 0 radical (unpaired) electrons. The number of benzene rings is 1. The summed E-state index contributed by atoms with van der Waals surface area (Å²) in [5, 5.41) is 5.76. The molecule has 2 aromatic rings. The molecule has 23 heavy (non-hydrogen) atoms. The molecule has 7 heteroatoms. The summed E-state index contributed by atoms with van der Waals surface area (Å²) >= 11 is 0. The maximum Gasteiger partial charge on any atom is 0.272 e. The molecule has 0 bridgehead atoms. The van der Waals surface area contributed by atoms with Gasteiger partial charge in [0, 0.05) is 31.5 Å². The van der Waals surface area contributed by atoms with Gasteiger partial charge in [0.2, 0.25) is 5.91 Å². The number of amides is 2. The first kappa shape index (κ1) is 13.8. The van der Waals surface area contributed by atoms with Crippen LogP contribution in [-0.2, 0) is 4.79 Å². The molecule has 0 saturated carbocycles. The summed E-state index contributed by atoms with van der Waals surface area (Å²) in [6.45, 7) is 1.04. The topological polar surface area (TPSA) is 87.2 Å². The molecule has 3 heterocycles. The maximum atomic E-state index is 12.6. The van der Waals surface area contributed by atoms with Gasteiger partial charge in [-0.15, -0.1) is 0 Å². The summed E-state index contributed by atoms with van der Waals surface area (Å²) in [4.78, 5) is 37.7. The highest BCUT2D eigenvalue weighted by molar-refractivity contribution is 5.93. The quantitative estimate of drug-likeness (QED) is 0.826. The van der Waals surface area contributed by atoms with E-state index in [9.17, 15) is 14.4 Å². The van der Waals surface area contributed by atoms with E-state index in [1.807, 2.05) is 18.2 Å². The summed E-state index contributed by atoms with van der Waals surface area (Å²) in [5.74, 6) is 0.0190. The molecule has 1 aromatic carbocycles. The van der Waals surface area contributed by atoms with Crippen molar-refractivity contribution in [2.24, 2.45) is 5.92 Å². The Balaban J connectivity index is 1.56. The predicted molar refractivity (Wildman–Crippen MR) is 82.3 cm³/mol. The summed E-state index contributed by atoms with van der Waals surface area (Å²) in [5.41, 5.74) is 0.680. The number of nitrogens with one attached hydrogen (secondary N) is 2. The zero-order valence-corrected chi connectivity index (χ0v) is 12.4. The van der Waals surface area contributed by atoms with Crippen LogP contribution in [-0.4, -0.2) is 45.6 Å². The average molecular weight is 312 g/mol.